The summed E-state index contributed by atoms with van der Waals surface area (Å²) in [6.07, 6.45) is 2.69. The van der Waals surface area contributed by atoms with Crippen LogP contribution in [0, 0.1) is 0 Å². The Bertz CT molecular complexity index is 847. The Balaban J connectivity index is 1.51. The van der Waals surface area contributed by atoms with Crippen LogP contribution < -0.4 is 9.64 Å². The van der Waals surface area contributed by atoms with Gasteiger partial charge in [-0.05, 0) is 54.6 Å². The van der Waals surface area contributed by atoms with E-state index in [1.165, 1.54) is 5.69 Å². The van der Waals surface area contributed by atoms with Crippen molar-refractivity contribution in [1.29, 1.82) is 0 Å². The molecule has 1 aliphatic carbocycles. The zero-order valence-corrected chi connectivity index (χ0v) is 15.4. The second kappa shape index (κ2) is 6.96. The molecule has 2 aromatic rings. The molecule has 2 aliphatic rings. The highest BCUT2D eigenvalue weighted by molar-refractivity contribution is 6.15. The standard InChI is InChI=1S/C22H24N2O2/c1-23-9-11-24(12-10-23)19-5-3-16(4-6-19)13-18-14-17-15-20(26-2)7-8-21(17)22(18)25/h3-8,13,15H,9-12,14H2,1-2H3/b18-13+. The van der Waals surface area contributed by atoms with Crippen LogP contribution in [0.3, 0.4) is 0 Å². The summed E-state index contributed by atoms with van der Waals surface area (Å²) < 4.78 is 5.27. The molecule has 1 aliphatic heterocycles. The van der Waals surface area contributed by atoms with Gasteiger partial charge in [0.05, 0.1) is 7.11 Å². The molecule has 4 rings (SSSR count). The number of ketones is 1. The van der Waals surface area contributed by atoms with E-state index in [0.29, 0.717) is 6.42 Å². The molecule has 1 saturated heterocycles. The van der Waals surface area contributed by atoms with Gasteiger partial charge in [0.1, 0.15) is 5.75 Å². The van der Waals surface area contributed by atoms with Crippen molar-refractivity contribution in [2.24, 2.45) is 0 Å². The van der Waals surface area contributed by atoms with Crippen molar-refractivity contribution in [3.63, 3.8) is 0 Å². The van der Waals surface area contributed by atoms with E-state index in [-0.39, 0.29) is 5.78 Å². The molecule has 2 aromatic carbocycles. The fraction of sp³-hybridized carbons (Fsp3) is 0.318. The predicted molar refractivity (Wildman–Crippen MR) is 105 cm³/mol. The van der Waals surface area contributed by atoms with Gasteiger partial charge in [-0.1, -0.05) is 12.1 Å². The molecular formula is C22H24N2O2. The molecule has 0 saturated carbocycles. The SMILES string of the molecule is COc1ccc2c(c1)C/C(=C\c1ccc(N3CCN(C)CC3)cc1)C2=O. The Morgan fingerprint density at radius 1 is 1.00 bits per heavy atom. The third-order valence-corrected chi connectivity index (χ3v) is 5.33. The Morgan fingerprint density at radius 2 is 1.73 bits per heavy atom. The van der Waals surface area contributed by atoms with Crippen LogP contribution in [0.25, 0.3) is 6.08 Å². The average Bonchev–Trinajstić information content (AvgIpc) is 2.98. The number of carbonyl (C=O) groups excluding carboxylic acids is 1. The molecule has 1 fully saturated rings. The average molecular weight is 348 g/mol. The van der Waals surface area contributed by atoms with Crippen molar-refractivity contribution < 1.29 is 9.53 Å². The van der Waals surface area contributed by atoms with E-state index in [2.05, 4.69) is 41.1 Å². The molecule has 0 aromatic heterocycles. The zero-order chi connectivity index (χ0) is 18.1. The van der Waals surface area contributed by atoms with E-state index >= 15 is 0 Å². The van der Waals surface area contributed by atoms with Crippen LogP contribution in [0.5, 0.6) is 5.75 Å². The minimum Gasteiger partial charge on any atom is -0.497 e. The molecule has 0 N–H and O–H groups in total. The van der Waals surface area contributed by atoms with Gasteiger partial charge in [-0.15, -0.1) is 0 Å². The van der Waals surface area contributed by atoms with Gasteiger partial charge in [0.15, 0.2) is 5.78 Å². The van der Waals surface area contributed by atoms with E-state index in [9.17, 15) is 4.79 Å². The van der Waals surface area contributed by atoms with E-state index in [1.807, 2.05) is 24.3 Å². The molecule has 4 nitrogen and oxygen atoms in total. The number of piperazine rings is 1. The summed E-state index contributed by atoms with van der Waals surface area (Å²) in [7, 11) is 3.82. The van der Waals surface area contributed by atoms with Crippen molar-refractivity contribution >= 4 is 17.5 Å². The number of hydrogen-bond acceptors (Lipinski definition) is 4. The highest BCUT2D eigenvalue weighted by Gasteiger charge is 2.25. The minimum absolute atomic E-state index is 0.130. The maximum atomic E-state index is 12.6. The zero-order valence-electron chi connectivity index (χ0n) is 15.4. The van der Waals surface area contributed by atoms with Gasteiger partial charge in [0, 0.05) is 49.4 Å². The van der Waals surface area contributed by atoms with Gasteiger partial charge in [-0.3, -0.25) is 4.79 Å². The van der Waals surface area contributed by atoms with Gasteiger partial charge in [0.25, 0.3) is 0 Å². The number of fused-ring (bicyclic) bond motifs is 1. The number of likely N-dealkylation sites (N-methyl/N-ethyl adjacent to an activating group) is 1. The molecule has 0 spiro atoms. The van der Waals surface area contributed by atoms with Gasteiger partial charge in [-0.2, -0.15) is 0 Å². The van der Waals surface area contributed by atoms with Crippen molar-refractivity contribution in [2.45, 2.75) is 6.42 Å². The Morgan fingerprint density at radius 3 is 2.42 bits per heavy atom. The molecule has 0 bridgehead atoms. The quantitative estimate of drug-likeness (QED) is 0.797. The highest BCUT2D eigenvalue weighted by atomic mass is 16.5. The van der Waals surface area contributed by atoms with Gasteiger partial charge < -0.3 is 14.5 Å². The summed E-state index contributed by atoms with van der Waals surface area (Å²) in [5.41, 5.74) is 5.03. The molecule has 134 valence electrons. The first kappa shape index (κ1) is 16.9. The van der Waals surface area contributed by atoms with E-state index in [0.717, 1.165) is 54.2 Å². The first-order chi connectivity index (χ1) is 12.6. The normalized spacial score (nSPS) is 19.1. The smallest absolute Gasteiger partial charge is 0.189 e. The molecular weight excluding hydrogens is 324 g/mol. The number of ether oxygens (including phenoxy) is 1. The third kappa shape index (κ3) is 3.25. The third-order valence-electron chi connectivity index (χ3n) is 5.33. The first-order valence-corrected chi connectivity index (χ1v) is 9.10. The topological polar surface area (TPSA) is 32.8 Å². The molecule has 0 atom stereocenters. The van der Waals surface area contributed by atoms with Gasteiger partial charge in [-0.25, -0.2) is 0 Å². The molecule has 4 heteroatoms. The molecule has 1 heterocycles. The van der Waals surface area contributed by atoms with Crippen LogP contribution in [0.2, 0.25) is 0 Å². The van der Waals surface area contributed by atoms with Gasteiger partial charge in [0.2, 0.25) is 0 Å². The summed E-state index contributed by atoms with van der Waals surface area (Å²) in [5, 5.41) is 0. The van der Waals surface area contributed by atoms with E-state index < -0.39 is 0 Å². The number of carbonyl (C=O) groups is 1. The maximum absolute atomic E-state index is 12.6. The molecule has 0 unspecified atom stereocenters. The Labute approximate surface area is 154 Å². The first-order valence-electron chi connectivity index (χ1n) is 9.10. The number of benzene rings is 2. The number of rotatable bonds is 3. The second-order valence-electron chi connectivity index (χ2n) is 7.08. The highest BCUT2D eigenvalue weighted by Crippen LogP contribution is 2.31. The Hall–Kier alpha value is -2.59. The lowest BCUT2D eigenvalue weighted by molar-refractivity contribution is 0.104. The second-order valence-corrected chi connectivity index (χ2v) is 7.08. The van der Waals surface area contributed by atoms with Crippen LogP contribution >= 0.6 is 0 Å². The monoisotopic (exact) mass is 348 g/mol. The van der Waals surface area contributed by atoms with Crippen LogP contribution in [0.4, 0.5) is 5.69 Å². The maximum Gasteiger partial charge on any atom is 0.189 e. The van der Waals surface area contributed by atoms with Crippen LogP contribution in [0.15, 0.2) is 48.0 Å². The van der Waals surface area contributed by atoms with Gasteiger partial charge >= 0.3 is 0 Å². The summed E-state index contributed by atoms with van der Waals surface area (Å²) in [6.45, 7) is 4.32. The predicted octanol–water partition coefficient (Wildman–Crippen LogP) is 3.27. The Kier molecular flexibility index (Phi) is 4.51. The number of nitrogens with zero attached hydrogens (tertiary/aromatic N) is 2. The minimum atomic E-state index is 0.130. The van der Waals surface area contributed by atoms with Crippen molar-refractivity contribution in [2.75, 3.05) is 45.2 Å². The number of allylic oxidation sites excluding steroid dienone is 1. The van der Waals surface area contributed by atoms with E-state index in [1.54, 1.807) is 7.11 Å². The lowest BCUT2D eigenvalue weighted by atomic mass is 10.1. The summed E-state index contributed by atoms with van der Waals surface area (Å²) in [6, 6.07) is 14.2. The number of Topliss-reactive ketones (excluding diaryl/α,β-unsaturated/α-hetero) is 1. The lowest BCUT2D eigenvalue weighted by Crippen LogP contribution is -2.44. The van der Waals surface area contributed by atoms with Crippen LogP contribution in [0.1, 0.15) is 21.5 Å². The summed E-state index contributed by atoms with van der Waals surface area (Å²) in [5.74, 6) is 0.931. The number of methoxy groups -OCH3 is 1. The fourth-order valence-corrected chi connectivity index (χ4v) is 3.69. The van der Waals surface area contributed by atoms with Crippen molar-refractivity contribution in [3.05, 3.63) is 64.7 Å². The number of hydrogen-bond donors (Lipinski definition) is 0. The largest absolute Gasteiger partial charge is 0.497 e. The van der Waals surface area contributed by atoms with E-state index in [4.69, 9.17) is 4.74 Å². The lowest BCUT2D eigenvalue weighted by Gasteiger charge is -2.34. The van der Waals surface area contributed by atoms with Crippen molar-refractivity contribution in [3.8, 4) is 5.75 Å². The molecule has 0 amide bonds. The fourth-order valence-electron chi connectivity index (χ4n) is 3.69. The van der Waals surface area contributed by atoms with Crippen LogP contribution in [-0.4, -0.2) is 51.0 Å². The van der Waals surface area contributed by atoms with Crippen LogP contribution in [-0.2, 0) is 6.42 Å². The molecule has 0 radical (unpaired) electrons. The summed E-state index contributed by atoms with van der Waals surface area (Å²) >= 11 is 0. The van der Waals surface area contributed by atoms with Crippen molar-refractivity contribution in [1.82, 2.24) is 4.90 Å². The molecule has 26 heavy (non-hydrogen) atoms. The summed E-state index contributed by atoms with van der Waals surface area (Å²) in [4.78, 5) is 17.4. The number of anilines is 1.